The summed E-state index contributed by atoms with van der Waals surface area (Å²) in [6.07, 6.45) is 2.61. The fourth-order valence-electron chi connectivity index (χ4n) is 3.36. The summed E-state index contributed by atoms with van der Waals surface area (Å²) in [6.45, 7) is 9.02. The molecule has 4 aromatic rings. The lowest BCUT2D eigenvalue weighted by atomic mass is 9.93. The van der Waals surface area contributed by atoms with Crippen molar-refractivity contribution in [2.45, 2.75) is 39.5 Å². The predicted octanol–water partition coefficient (Wildman–Crippen LogP) is 3.16. The highest BCUT2D eigenvalue weighted by atomic mass is 16.1. The molecular formula is C20H24N6O. The van der Waals surface area contributed by atoms with Gasteiger partial charge in [0.1, 0.15) is 0 Å². The van der Waals surface area contributed by atoms with Gasteiger partial charge in [-0.15, -0.1) is 5.10 Å². The van der Waals surface area contributed by atoms with Crippen LogP contribution >= 0.6 is 0 Å². The SMILES string of the molecule is Cc1[nH]c2ccccc2c1CCNc1nc(C(C)(C)C)cn2c(=O)[nH]nc12. The van der Waals surface area contributed by atoms with Crippen LogP contribution in [0.15, 0.2) is 35.3 Å². The maximum Gasteiger partial charge on any atom is 0.347 e. The number of hydrogen-bond acceptors (Lipinski definition) is 4. The molecular weight excluding hydrogens is 340 g/mol. The van der Waals surface area contributed by atoms with Crippen molar-refractivity contribution >= 4 is 22.4 Å². The standard InChI is InChI=1S/C20H24N6O/c1-12-13(14-7-5-6-8-15(14)22-12)9-10-21-17-18-24-25-19(27)26(18)11-16(23-17)20(2,3)4/h5-8,11,22H,9-10H2,1-4H3,(H,21,23)(H,25,27). The zero-order valence-electron chi connectivity index (χ0n) is 16.1. The second-order valence-corrected chi connectivity index (χ2v) is 7.90. The molecule has 0 aliphatic carbocycles. The second-order valence-electron chi connectivity index (χ2n) is 7.90. The van der Waals surface area contributed by atoms with E-state index in [2.05, 4.69) is 66.4 Å². The average Bonchev–Trinajstić information content (AvgIpc) is 3.14. The Morgan fingerprint density at radius 2 is 2.00 bits per heavy atom. The monoisotopic (exact) mass is 364 g/mol. The molecule has 4 rings (SSSR count). The number of benzene rings is 1. The molecule has 3 aromatic heterocycles. The van der Waals surface area contributed by atoms with Gasteiger partial charge in [-0.2, -0.15) is 0 Å². The van der Waals surface area contributed by atoms with E-state index in [1.165, 1.54) is 21.0 Å². The van der Waals surface area contributed by atoms with Crippen molar-refractivity contribution in [2.75, 3.05) is 11.9 Å². The Balaban J connectivity index is 1.64. The Morgan fingerprint density at radius 3 is 2.78 bits per heavy atom. The second kappa shape index (κ2) is 6.26. The number of fused-ring (bicyclic) bond motifs is 2. The van der Waals surface area contributed by atoms with Gasteiger partial charge in [0.15, 0.2) is 5.82 Å². The highest BCUT2D eigenvalue weighted by Crippen LogP contribution is 2.24. The summed E-state index contributed by atoms with van der Waals surface area (Å²) < 4.78 is 1.52. The molecule has 27 heavy (non-hydrogen) atoms. The molecule has 0 unspecified atom stereocenters. The molecule has 0 spiro atoms. The third-order valence-corrected chi connectivity index (χ3v) is 4.86. The van der Waals surface area contributed by atoms with Crippen LogP contribution in [0.1, 0.15) is 37.7 Å². The average molecular weight is 364 g/mol. The summed E-state index contributed by atoms with van der Waals surface area (Å²) in [5, 5.41) is 11.2. The van der Waals surface area contributed by atoms with Crippen LogP contribution < -0.4 is 11.0 Å². The molecule has 7 heteroatoms. The van der Waals surface area contributed by atoms with Crippen LogP contribution in [0.4, 0.5) is 5.82 Å². The number of H-pyrrole nitrogens is 2. The number of anilines is 1. The van der Waals surface area contributed by atoms with Crippen molar-refractivity contribution in [2.24, 2.45) is 0 Å². The van der Waals surface area contributed by atoms with Gasteiger partial charge < -0.3 is 10.3 Å². The quantitative estimate of drug-likeness (QED) is 0.519. The molecule has 0 bridgehead atoms. The topological polar surface area (TPSA) is 90.9 Å². The lowest BCUT2D eigenvalue weighted by molar-refractivity contribution is 0.565. The van der Waals surface area contributed by atoms with Crippen LogP contribution in [0.2, 0.25) is 0 Å². The van der Waals surface area contributed by atoms with E-state index in [0.717, 1.165) is 17.6 Å². The zero-order chi connectivity index (χ0) is 19.2. The molecule has 0 aliphatic heterocycles. The molecule has 0 fully saturated rings. The van der Waals surface area contributed by atoms with E-state index >= 15 is 0 Å². The van der Waals surface area contributed by atoms with Crippen molar-refractivity contribution < 1.29 is 0 Å². The van der Waals surface area contributed by atoms with Crippen LogP contribution in [0.25, 0.3) is 16.6 Å². The maximum atomic E-state index is 12.0. The third kappa shape index (κ3) is 3.09. The summed E-state index contributed by atoms with van der Waals surface area (Å²) in [5.74, 6) is 0.623. The molecule has 3 N–H and O–H groups in total. The third-order valence-electron chi connectivity index (χ3n) is 4.86. The van der Waals surface area contributed by atoms with Crippen LogP contribution in [0.5, 0.6) is 0 Å². The number of aromatic nitrogens is 5. The fourth-order valence-corrected chi connectivity index (χ4v) is 3.36. The van der Waals surface area contributed by atoms with E-state index in [0.29, 0.717) is 18.0 Å². The minimum absolute atomic E-state index is 0.172. The Hall–Kier alpha value is -3.09. The predicted molar refractivity (Wildman–Crippen MR) is 108 cm³/mol. The van der Waals surface area contributed by atoms with Crippen molar-refractivity contribution in [3.05, 3.63) is 57.9 Å². The van der Waals surface area contributed by atoms with E-state index in [1.807, 2.05) is 6.07 Å². The first-order valence-electron chi connectivity index (χ1n) is 9.13. The molecule has 3 heterocycles. The van der Waals surface area contributed by atoms with E-state index in [1.54, 1.807) is 6.20 Å². The van der Waals surface area contributed by atoms with Gasteiger partial charge in [0.25, 0.3) is 0 Å². The maximum absolute atomic E-state index is 12.0. The number of nitrogens with one attached hydrogen (secondary N) is 3. The molecule has 0 saturated heterocycles. The summed E-state index contributed by atoms with van der Waals surface area (Å²) in [4.78, 5) is 20.2. The molecule has 140 valence electrons. The first kappa shape index (κ1) is 17.3. The van der Waals surface area contributed by atoms with Crippen LogP contribution in [-0.4, -0.2) is 31.1 Å². The summed E-state index contributed by atoms with van der Waals surface area (Å²) in [7, 11) is 0. The van der Waals surface area contributed by atoms with Crippen LogP contribution in [-0.2, 0) is 11.8 Å². The summed E-state index contributed by atoms with van der Waals surface area (Å²) in [5.41, 5.74) is 4.55. The lowest BCUT2D eigenvalue weighted by Gasteiger charge is -2.19. The van der Waals surface area contributed by atoms with Gasteiger partial charge in [-0.3, -0.25) is 0 Å². The Morgan fingerprint density at radius 1 is 1.22 bits per heavy atom. The number of rotatable bonds is 4. The normalized spacial score (nSPS) is 12.1. The molecule has 0 atom stereocenters. The Bertz CT molecular complexity index is 1170. The first-order valence-corrected chi connectivity index (χ1v) is 9.13. The number of para-hydroxylation sites is 1. The number of hydrogen-bond donors (Lipinski definition) is 3. The summed E-state index contributed by atoms with van der Waals surface area (Å²) >= 11 is 0. The molecule has 0 radical (unpaired) electrons. The van der Waals surface area contributed by atoms with Gasteiger partial charge in [-0.25, -0.2) is 19.3 Å². The molecule has 0 saturated carbocycles. The van der Waals surface area contributed by atoms with E-state index in [4.69, 9.17) is 4.98 Å². The minimum Gasteiger partial charge on any atom is -0.367 e. The van der Waals surface area contributed by atoms with Gasteiger partial charge in [0.2, 0.25) is 5.65 Å². The van der Waals surface area contributed by atoms with Gasteiger partial charge >= 0.3 is 5.69 Å². The van der Waals surface area contributed by atoms with E-state index in [-0.39, 0.29) is 11.1 Å². The highest BCUT2D eigenvalue weighted by Gasteiger charge is 2.20. The van der Waals surface area contributed by atoms with Gasteiger partial charge in [-0.05, 0) is 25.0 Å². The zero-order valence-corrected chi connectivity index (χ0v) is 16.1. The summed E-state index contributed by atoms with van der Waals surface area (Å²) in [6, 6.07) is 8.32. The molecule has 7 nitrogen and oxygen atoms in total. The van der Waals surface area contributed by atoms with Crippen LogP contribution in [0.3, 0.4) is 0 Å². The van der Waals surface area contributed by atoms with Crippen molar-refractivity contribution in [1.29, 1.82) is 0 Å². The van der Waals surface area contributed by atoms with Gasteiger partial charge in [0, 0.05) is 34.8 Å². The highest BCUT2D eigenvalue weighted by molar-refractivity contribution is 5.84. The Labute approximate surface area is 156 Å². The van der Waals surface area contributed by atoms with Crippen LogP contribution in [0, 0.1) is 6.92 Å². The first-order chi connectivity index (χ1) is 12.8. The van der Waals surface area contributed by atoms with Crippen molar-refractivity contribution in [1.82, 2.24) is 24.6 Å². The van der Waals surface area contributed by atoms with E-state index in [9.17, 15) is 4.79 Å². The molecule has 0 amide bonds. The van der Waals surface area contributed by atoms with E-state index < -0.39 is 0 Å². The number of aromatic amines is 2. The number of nitrogens with zero attached hydrogens (tertiary/aromatic N) is 3. The van der Waals surface area contributed by atoms with Crippen molar-refractivity contribution in [3.63, 3.8) is 0 Å². The molecule has 1 aromatic carbocycles. The Kier molecular flexibility index (Phi) is 4.02. The minimum atomic E-state index is -0.256. The number of aryl methyl sites for hydroxylation is 1. The largest absolute Gasteiger partial charge is 0.367 e. The van der Waals surface area contributed by atoms with Gasteiger partial charge in [-0.1, -0.05) is 39.0 Å². The van der Waals surface area contributed by atoms with Crippen molar-refractivity contribution in [3.8, 4) is 0 Å². The molecule has 0 aliphatic rings. The smallest absolute Gasteiger partial charge is 0.347 e. The lowest BCUT2D eigenvalue weighted by Crippen LogP contribution is -2.20. The fraction of sp³-hybridized carbons (Fsp3) is 0.350. The van der Waals surface area contributed by atoms with Gasteiger partial charge in [0.05, 0.1) is 5.69 Å².